The summed E-state index contributed by atoms with van der Waals surface area (Å²) < 4.78 is 0. The van der Waals surface area contributed by atoms with Gasteiger partial charge < -0.3 is 10.1 Å². The first-order chi connectivity index (χ1) is 6.81. The highest BCUT2D eigenvalue weighted by atomic mass is 32.1. The minimum Gasteiger partial charge on any atom is -0.395 e. The van der Waals surface area contributed by atoms with Crippen molar-refractivity contribution in [3.05, 3.63) is 34.3 Å². The first kappa shape index (κ1) is 9.36. The third-order valence-corrected chi connectivity index (χ3v) is 2.92. The third kappa shape index (κ3) is 1.69. The summed E-state index contributed by atoms with van der Waals surface area (Å²) in [5.74, 6) is 0.784. The fourth-order valence-electron chi connectivity index (χ4n) is 1.33. The monoisotopic (exact) mass is 209 g/mol. The molecule has 1 unspecified atom stereocenters. The molecule has 0 aromatic carbocycles. The van der Waals surface area contributed by atoms with E-state index in [-0.39, 0.29) is 12.5 Å². The van der Waals surface area contributed by atoms with Crippen LogP contribution in [-0.2, 0) is 0 Å². The molecular weight excluding hydrogens is 198 g/mol. The minimum absolute atomic E-state index is 0.0507. The highest BCUT2D eigenvalue weighted by Crippen LogP contribution is 2.24. The van der Waals surface area contributed by atoms with Crippen LogP contribution >= 0.6 is 11.3 Å². The van der Waals surface area contributed by atoms with E-state index in [1.807, 2.05) is 12.3 Å². The van der Waals surface area contributed by atoms with Crippen LogP contribution in [0.25, 0.3) is 0 Å². The van der Waals surface area contributed by atoms with Crippen molar-refractivity contribution in [3.63, 3.8) is 0 Å². The average Bonchev–Trinajstić information content (AvgIpc) is 2.79. The summed E-state index contributed by atoms with van der Waals surface area (Å²) in [5, 5.41) is 12.1. The van der Waals surface area contributed by atoms with Gasteiger partial charge in [0, 0.05) is 23.5 Å². The second-order valence-corrected chi connectivity index (χ2v) is 3.96. The summed E-state index contributed by atoms with van der Waals surface area (Å²) >= 11 is 1.54. The van der Waals surface area contributed by atoms with Gasteiger partial charge in [-0.3, -0.25) is 0 Å². The first-order valence-electron chi connectivity index (χ1n) is 4.33. The number of thiazole rings is 1. The molecular formula is C9H11N3OS. The number of H-pyrrole nitrogens is 1. The number of aliphatic hydroxyl groups is 1. The molecule has 74 valence electrons. The van der Waals surface area contributed by atoms with Gasteiger partial charge in [0.15, 0.2) is 0 Å². The van der Waals surface area contributed by atoms with Gasteiger partial charge in [0.1, 0.15) is 10.8 Å². The van der Waals surface area contributed by atoms with Crippen molar-refractivity contribution in [3.8, 4) is 0 Å². The maximum atomic E-state index is 9.28. The Morgan fingerprint density at radius 1 is 1.57 bits per heavy atom. The number of hydrogen-bond acceptors (Lipinski definition) is 4. The van der Waals surface area contributed by atoms with Crippen LogP contribution in [-0.4, -0.2) is 26.7 Å². The van der Waals surface area contributed by atoms with E-state index in [4.69, 9.17) is 0 Å². The van der Waals surface area contributed by atoms with Crippen LogP contribution < -0.4 is 0 Å². The van der Waals surface area contributed by atoms with Crippen LogP contribution in [0.5, 0.6) is 0 Å². The molecule has 14 heavy (non-hydrogen) atoms. The van der Waals surface area contributed by atoms with Gasteiger partial charge in [-0.15, -0.1) is 11.3 Å². The maximum Gasteiger partial charge on any atom is 0.104 e. The molecule has 2 aromatic rings. The Kier molecular flexibility index (Phi) is 2.60. The van der Waals surface area contributed by atoms with E-state index in [9.17, 15) is 5.11 Å². The van der Waals surface area contributed by atoms with Gasteiger partial charge in [0.2, 0.25) is 0 Å². The third-order valence-electron chi connectivity index (χ3n) is 2.03. The number of aliphatic hydroxyl groups excluding tert-OH is 1. The molecule has 2 heterocycles. The van der Waals surface area contributed by atoms with E-state index in [1.165, 1.54) is 0 Å². The molecule has 4 nitrogen and oxygen atoms in total. The van der Waals surface area contributed by atoms with E-state index in [0.717, 1.165) is 16.5 Å². The SMILES string of the molecule is Cc1ncc(C(CO)c2nccs2)[nH]1. The molecule has 0 radical (unpaired) electrons. The quantitative estimate of drug-likeness (QED) is 0.801. The summed E-state index contributed by atoms with van der Waals surface area (Å²) in [7, 11) is 0. The number of aromatic nitrogens is 3. The van der Waals surface area contributed by atoms with Crippen molar-refractivity contribution >= 4 is 11.3 Å². The van der Waals surface area contributed by atoms with Gasteiger partial charge in [-0.1, -0.05) is 0 Å². The lowest BCUT2D eigenvalue weighted by Gasteiger charge is -2.07. The van der Waals surface area contributed by atoms with E-state index < -0.39 is 0 Å². The molecule has 0 spiro atoms. The number of hydrogen-bond donors (Lipinski definition) is 2. The Morgan fingerprint density at radius 2 is 2.43 bits per heavy atom. The topological polar surface area (TPSA) is 61.8 Å². The van der Waals surface area contributed by atoms with Crippen LogP contribution in [0.15, 0.2) is 17.8 Å². The molecule has 0 amide bonds. The van der Waals surface area contributed by atoms with Crippen molar-refractivity contribution < 1.29 is 5.11 Å². The first-order valence-corrected chi connectivity index (χ1v) is 5.21. The molecule has 2 rings (SSSR count). The summed E-state index contributed by atoms with van der Waals surface area (Å²) in [6.45, 7) is 1.94. The van der Waals surface area contributed by atoms with Gasteiger partial charge in [-0.05, 0) is 6.92 Å². The molecule has 0 aliphatic heterocycles. The summed E-state index contributed by atoms with van der Waals surface area (Å²) in [4.78, 5) is 11.4. The van der Waals surface area contributed by atoms with Gasteiger partial charge >= 0.3 is 0 Å². The normalized spacial score (nSPS) is 13.0. The Hall–Kier alpha value is -1.20. The summed E-state index contributed by atoms with van der Waals surface area (Å²) in [6, 6.07) is 0. The Labute approximate surface area is 85.7 Å². The van der Waals surface area contributed by atoms with Crippen molar-refractivity contribution in [2.75, 3.05) is 6.61 Å². The van der Waals surface area contributed by atoms with E-state index in [1.54, 1.807) is 23.7 Å². The standard InChI is InChI=1S/C9H11N3OS/c1-6-11-4-8(12-6)7(5-13)9-10-2-3-14-9/h2-4,7,13H,5H2,1H3,(H,11,12). The van der Waals surface area contributed by atoms with Crippen molar-refractivity contribution in [1.82, 2.24) is 15.0 Å². The fourth-order valence-corrected chi connectivity index (χ4v) is 2.08. The number of rotatable bonds is 3. The van der Waals surface area contributed by atoms with Crippen molar-refractivity contribution in [2.24, 2.45) is 0 Å². The molecule has 5 heteroatoms. The van der Waals surface area contributed by atoms with Crippen LogP contribution in [0.1, 0.15) is 22.4 Å². The molecule has 2 N–H and O–H groups in total. The second kappa shape index (κ2) is 3.89. The Balaban J connectivity index is 2.31. The van der Waals surface area contributed by atoms with E-state index in [2.05, 4.69) is 15.0 Å². The zero-order chi connectivity index (χ0) is 9.97. The van der Waals surface area contributed by atoms with Crippen molar-refractivity contribution in [2.45, 2.75) is 12.8 Å². The largest absolute Gasteiger partial charge is 0.395 e. The van der Waals surface area contributed by atoms with Gasteiger partial charge in [0.25, 0.3) is 0 Å². The van der Waals surface area contributed by atoms with Gasteiger partial charge in [-0.25, -0.2) is 9.97 Å². The fraction of sp³-hybridized carbons (Fsp3) is 0.333. The van der Waals surface area contributed by atoms with Crippen molar-refractivity contribution in [1.29, 1.82) is 0 Å². The predicted octanol–water partition coefficient (Wildman–Crippen LogP) is 1.30. The van der Waals surface area contributed by atoms with Crippen LogP contribution in [0.2, 0.25) is 0 Å². The zero-order valence-corrected chi connectivity index (χ0v) is 8.58. The molecule has 0 aliphatic rings. The lowest BCUT2D eigenvalue weighted by atomic mass is 10.1. The maximum absolute atomic E-state index is 9.28. The number of nitrogens with zero attached hydrogens (tertiary/aromatic N) is 2. The number of imidazole rings is 1. The van der Waals surface area contributed by atoms with Crippen LogP contribution in [0.4, 0.5) is 0 Å². The Morgan fingerprint density at radius 3 is 2.93 bits per heavy atom. The molecule has 2 aromatic heterocycles. The smallest absolute Gasteiger partial charge is 0.104 e. The Bertz CT molecular complexity index is 396. The van der Waals surface area contributed by atoms with E-state index >= 15 is 0 Å². The molecule has 1 atom stereocenters. The summed E-state index contributed by atoms with van der Waals surface area (Å²) in [5.41, 5.74) is 0.917. The molecule has 0 fully saturated rings. The lowest BCUT2D eigenvalue weighted by Crippen LogP contribution is -2.05. The molecule has 0 saturated heterocycles. The number of aromatic amines is 1. The highest BCUT2D eigenvalue weighted by molar-refractivity contribution is 7.09. The molecule has 0 aliphatic carbocycles. The van der Waals surface area contributed by atoms with E-state index in [0.29, 0.717) is 0 Å². The summed E-state index contributed by atoms with van der Waals surface area (Å²) in [6.07, 6.45) is 3.49. The van der Waals surface area contributed by atoms with Crippen LogP contribution in [0.3, 0.4) is 0 Å². The zero-order valence-electron chi connectivity index (χ0n) is 7.77. The lowest BCUT2D eigenvalue weighted by molar-refractivity contribution is 0.278. The number of aryl methyl sites for hydroxylation is 1. The highest BCUT2D eigenvalue weighted by Gasteiger charge is 2.17. The van der Waals surface area contributed by atoms with Crippen LogP contribution in [0, 0.1) is 6.92 Å². The second-order valence-electron chi connectivity index (χ2n) is 3.03. The van der Waals surface area contributed by atoms with Gasteiger partial charge in [-0.2, -0.15) is 0 Å². The number of nitrogens with one attached hydrogen (secondary N) is 1. The molecule has 0 bridgehead atoms. The predicted molar refractivity (Wildman–Crippen MR) is 54.4 cm³/mol. The average molecular weight is 209 g/mol. The molecule has 0 saturated carbocycles. The minimum atomic E-state index is -0.0730. The van der Waals surface area contributed by atoms with Gasteiger partial charge in [0.05, 0.1) is 12.5 Å².